The zero-order valence-electron chi connectivity index (χ0n) is 9.81. The van der Waals surface area contributed by atoms with Crippen LogP contribution in [0.4, 0.5) is 4.39 Å². The standard InChI is InChI=1S/C14H17ClFN/c15-11-3-1-4-12(16)13(11)14(7-2-8-14)9-17-10-5-6-10/h1,3-4,10,17H,2,5-9H2. The maximum Gasteiger partial charge on any atom is 0.128 e. The number of halogens is 2. The Hall–Kier alpha value is -0.600. The maximum absolute atomic E-state index is 14.0. The lowest BCUT2D eigenvalue weighted by atomic mass is 9.64. The molecular formula is C14H17ClFN. The lowest BCUT2D eigenvalue weighted by molar-refractivity contribution is 0.226. The number of hydrogen-bond acceptors (Lipinski definition) is 1. The first kappa shape index (κ1) is 11.5. The number of hydrogen-bond donors (Lipinski definition) is 1. The van der Waals surface area contributed by atoms with Crippen molar-refractivity contribution in [2.24, 2.45) is 0 Å². The fraction of sp³-hybridized carbons (Fsp3) is 0.571. The normalized spacial score (nSPS) is 22.2. The van der Waals surface area contributed by atoms with Gasteiger partial charge < -0.3 is 5.32 Å². The minimum absolute atomic E-state index is 0.0506. The summed E-state index contributed by atoms with van der Waals surface area (Å²) in [6.07, 6.45) is 5.81. The molecule has 3 rings (SSSR count). The number of rotatable bonds is 4. The molecule has 1 aromatic rings. The lowest BCUT2D eigenvalue weighted by Crippen LogP contribution is -2.45. The van der Waals surface area contributed by atoms with Crippen molar-refractivity contribution in [1.82, 2.24) is 5.32 Å². The van der Waals surface area contributed by atoms with E-state index < -0.39 is 0 Å². The second kappa shape index (κ2) is 4.25. The second-order valence-electron chi connectivity index (χ2n) is 5.39. The monoisotopic (exact) mass is 253 g/mol. The Morgan fingerprint density at radius 2 is 2.12 bits per heavy atom. The van der Waals surface area contributed by atoms with Crippen LogP contribution in [0.25, 0.3) is 0 Å². The van der Waals surface area contributed by atoms with Crippen LogP contribution in [-0.2, 0) is 5.41 Å². The van der Waals surface area contributed by atoms with Gasteiger partial charge in [0.2, 0.25) is 0 Å². The summed E-state index contributed by atoms with van der Waals surface area (Å²) in [5.41, 5.74) is 0.687. The van der Waals surface area contributed by atoms with Gasteiger partial charge in [-0.1, -0.05) is 24.1 Å². The van der Waals surface area contributed by atoms with Crippen molar-refractivity contribution >= 4 is 11.6 Å². The van der Waals surface area contributed by atoms with Gasteiger partial charge in [-0.15, -0.1) is 0 Å². The van der Waals surface area contributed by atoms with Gasteiger partial charge in [-0.25, -0.2) is 4.39 Å². The molecule has 0 bridgehead atoms. The van der Waals surface area contributed by atoms with Crippen LogP contribution in [0.15, 0.2) is 18.2 Å². The van der Waals surface area contributed by atoms with Gasteiger partial charge in [0, 0.05) is 28.6 Å². The Kier molecular flexibility index (Phi) is 2.87. The lowest BCUT2D eigenvalue weighted by Gasteiger charge is -2.43. The maximum atomic E-state index is 14.0. The predicted molar refractivity (Wildman–Crippen MR) is 68.0 cm³/mol. The fourth-order valence-corrected chi connectivity index (χ4v) is 3.11. The molecule has 0 aliphatic heterocycles. The molecule has 1 aromatic carbocycles. The van der Waals surface area contributed by atoms with Crippen molar-refractivity contribution in [3.05, 3.63) is 34.6 Å². The summed E-state index contributed by atoms with van der Waals surface area (Å²) in [5, 5.41) is 4.11. The van der Waals surface area contributed by atoms with Crippen LogP contribution < -0.4 is 5.32 Å². The van der Waals surface area contributed by atoms with Crippen molar-refractivity contribution in [2.75, 3.05) is 6.54 Å². The Labute approximate surface area is 106 Å². The van der Waals surface area contributed by atoms with Gasteiger partial charge in [0.15, 0.2) is 0 Å². The van der Waals surface area contributed by atoms with Gasteiger partial charge in [-0.05, 0) is 37.8 Å². The number of nitrogens with one attached hydrogen (secondary N) is 1. The molecule has 2 aliphatic rings. The largest absolute Gasteiger partial charge is 0.313 e. The first-order valence-corrected chi connectivity index (χ1v) is 6.77. The number of benzene rings is 1. The smallest absolute Gasteiger partial charge is 0.128 e. The fourth-order valence-electron chi connectivity index (χ4n) is 2.75. The van der Waals surface area contributed by atoms with Crippen LogP contribution in [-0.4, -0.2) is 12.6 Å². The average Bonchev–Trinajstić information content (AvgIpc) is 3.03. The minimum Gasteiger partial charge on any atom is -0.313 e. The average molecular weight is 254 g/mol. The van der Waals surface area contributed by atoms with Crippen molar-refractivity contribution in [2.45, 2.75) is 43.6 Å². The van der Waals surface area contributed by atoms with Gasteiger partial charge in [0.1, 0.15) is 5.82 Å². The third-order valence-corrected chi connectivity index (χ3v) is 4.43. The van der Waals surface area contributed by atoms with Gasteiger partial charge in [-0.3, -0.25) is 0 Å². The van der Waals surface area contributed by atoms with Crippen molar-refractivity contribution < 1.29 is 4.39 Å². The molecule has 0 atom stereocenters. The molecule has 0 saturated heterocycles. The van der Waals surface area contributed by atoms with E-state index in [0.29, 0.717) is 11.1 Å². The second-order valence-corrected chi connectivity index (χ2v) is 5.79. The molecule has 2 saturated carbocycles. The first-order valence-electron chi connectivity index (χ1n) is 6.39. The van der Waals surface area contributed by atoms with E-state index in [1.165, 1.54) is 25.3 Å². The molecule has 2 aliphatic carbocycles. The highest BCUT2D eigenvalue weighted by Gasteiger charge is 2.42. The molecule has 0 spiro atoms. The molecule has 0 amide bonds. The third-order valence-electron chi connectivity index (χ3n) is 4.11. The van der Waals surface area contributed by atoms with Crippen LogP contribution in [0.3, 0.4) is 0 Å². The van der Waals surface area contributed by atoms with Crippen molar-refractivity contribution in [3.8, 4) is 0 Å². The van der Waals surface area contributed by atoms with E-state index in [1.54, 1.807) is 12.1 Å². The van der Waals surface area contributed by atoms with E-state index in [2.05, 4.69) is 5.32 Å². The zero-order valence-corrected chi connectivity index (χ0v) is 10.6. The summed E-state index contributed by atoms with van der Waals surface area (Å²) >= 11 is 6.19. The molecule has 1 nitrogen and oxygen atoms in total. The topological polar surface area (TPSA) is 12.0 Å². The van der Waals surface area contributed by atoms with Crippen LogP contribution in [0.1, 0.15) is 37.7 Å². The molecule has 1 N–H and O–H groups in total. The van der Waals surface area contributed by atoms with Crippen LogP contribution in [0.2, 0.25) is 5.02 Å². The van der Waals surface area contributed by atoms with Crippen molar-refractivity contribution in [3.63, 3.8) is 0 Å². The summed E-state index contributed by atoms with van der Waals surface area (Å²) in [7, 11) is 0. The molecule has 0 heterocycles. The molecule has 17 heavy (non-hydrogen) atoms. The van der Waals surface area contributed by atoms with Crippen LogP contribution >= 0.6 is 11.6 Å². The summed E-state index contributed by atoms with van der Waals surface area (Å²) in [6, 6.07) is 5.68. The van der Waals surface area contributed by atoms with Crippen molar-refractivity contribution in [1.29, 1.82) is 0 Å². The van der Waals surface area contributed by atoms with E-state index in [1.807, 2.05) is 0 Å². The molecule has 3 heteroatoms. The Morgan fingerprint density at radius 1 is 1.35 bits per heavy atom. The highest BCUT2D eigenvalue weighted by atomic mass is 35.5. The van der Waals surface area contributed by atoms with Crippen LogP contribution in [0, 0.1) is 5.82 Å². The molecule has 0 aromatic heterocycles. The van der Waals surface area contributed by atoms with E-state index in [4.69, 9.17) is 11.6 Å². The Balaban J connectivity index is 1.87. The van der Waals surface area contributed by atoms with E-state index >= 15 is 0 Å². The summed E-state index contributed by atoms with van der Waals surface area (Å²) in [4.78, 5) is 0. The van der Waals surface area contributed by atoms with Gasteiger partial charge >= 0.3 is 0 Å². The quantitative estimate of drug-likeness (QED) is 0.864. The summed E-state index contributed by atoms with van der Waals surface area (Å²) in [6.45, 7) is 0.873. The highest BCUT2D eigenvalue weighted by Crippen LogP contribution is 2.47. The molecular weight excluding hydrogens is 237 g/mol. The molecule has 0 unspecified atom stereocenters. The summed E-state index contributed by atoms with van der Waals surface area (Å²) in [5.74, 6) is -0.144. The Bertz CT molecular complexity index is 404. The Morgan fingerprint density at radius 3 is 2.65 bits per heavy atom. The molecule has 92 valence electrons. The van der Waals surface area contributed by atoms with E-state index in [9.17, 15) is 4.39 Å². The van der Waals surface area contributed by atoms with E-state index in [-0.39, 0.29) is 11.2 Å². The highest BCUT2D eigenvalue weighted by molar-refractivity contribution is 6.31. The van der Waals surface area contributed by atoms with Gasteiger partial charge in [0.05, 0.1) is 0 Å². The van der Waals surface area contributed by atoms with Gasteiger partial charge in [0.25, 0.3) is 0 Å². The zero-order chi connectivity index (χ0) is 11.9. The molecule has 0 radical (unpaired) electrons. The van der Waals surface area contributed by atoms with E-state index in [0.717, 1.165) is 24.9 Å². The summed E-state index contributed by atoms with van der Waals surface area (Å²) < 4.78 is 14.0. The van der Waals surface area contributed by atoms with Crippen LogP contribution in [0.5, 0.6) is 0 Å². The predicted octanol–water partition coefficient (Wildman–Crippen LogP) is 3.65. The first-order chi connectivity index (χ1) is 8.21. The third kappa shape index (κ3) is 2.09. The minimum atomic E-state index is -0.144. The van der Waals surface area contributed by atoms with Gasteiger partial charge in [-0.2, -0.15) is 0 Å². The molecule has 2 fully saturated rings. The SMILES string of the molecule is Fc1cccc(Cl)c1C1(CNC2CC2)CCC1.